The lowest BCUT2D eigenvalue weighted by molar-refractivity contribution is -0.174. The average molecular weight is 449 g/mol. The first-order chi connectivity index (χ1) is 8.77. The molecule has 0 spiro atoms. The van der Waals surface area contributed by atoms with E-state index in [4.69, 9.17) is 15.4 Å². The van der Waals surface area contributed by atoms with Crippen LogP contribution in [0, 0.1) is 5.92 Å². The first kappa shape index (κ1) is 17.8. The van der Waals surface area contributed by atoms with E-state index in [9.17, 15) is 23.1 Å². The van der Waals surface area contributed by atoms with Gasteiger partial charge in [0.25, 0.3) is 0 Å². The third-order valence-electron chi connectivity index (χ3n) is 2.74. The second-order valence-electron chi connectivity index (χ2n) is 4.04. The molecule has 112 valence electrons. The second-order valence-corrected chi connectivity index (χ2v) is 12.1. The monoisotopic (exact) mass is 449 g/mol. The lowest BCUT2D eigenvalue weighted by Gasteiger charge is -2.15. The minimum Gasteiger partial charge on any atom is -0.396 e. The van der Waals surface area contributed by atoms with Crippen molar-refractivity contribution in [3.63, 3.8) is 0 Å². The summed E-state index contributed by atoms with van der Waals surface area (Å²) in [5, 5.41) is 11.1. The average Bonchev–Trinajstić information content (AvgIpc) is 2.69. The number of carbonyl (C=O) groups is 1. The van der Waals surface area contributed by atoms with Crippen molar-refractivity contribution in [3.8, 4) is 0 Å². The third-order valence-corrected chi connectivity index (χ3v) is 11.1. The number of nitrogens with one attached hydrogen (secondary N) is 1. The fraction of sp³-hybridized carbons (Fsp3) is 0.875. The van der Waals surface area contributed by atoms with Gasteiger partial charge in [-0.1, -0.05) is 0 Å². The highest BCUT2D eigenvalue weighted by Gasteiger charge is 2.43. The number of aliphatic hydroxyl groups excluding tert-OH is 1. The summed E-state index contributed by atoms with van der Waals surface area (Å²) >= 11 is 7.08. The lowest BCUT2D eigenvalue weighted by atomic mass is 10.1. The maximum atomic E-state index is 12.1. The van der Waals surface area contributed by atoms with Gasteiger partial charge in [-0.25, -0.2) is 0 Å². The van der Waals surface area contributed by atoms with Gasteiger partial charge in [-0.2, -0.15) is 13.2 Å². The second kappa shape index (κ2) is 7.69. The number of halogens is 4. The van der Waals surface area contributed by atoms with Crippen molar-refractivity contribution >= 4 is 53.0 Å². The van der Waals surface area contributed by atoms with E-state index in [1.165, 1.54) is 0 Å². The number of alkyl halides is 3. The Morgan fingerprint density at radius 2 is 2.21 bits per heavy atom. The maximum absolute atomic E-state index is 12.1. The molecular formula is C8H12F3INO3PS2. The highest BCUT2D eigenvalue weighted by Crippen LogP contribution is 2.30. The molecule has 1 rings (SSSR count). The van der Waals surface area contributed by atoms with Crippen LogP contribution in [0.25, 0.3) is 0 Å². The molecule has 4 atom stereocenters. The van der Waals surface area contributed by atoms with E-state index in [-0.39, 0.29) is 25.4 Å². The largest absolute Gasteiger partial charge is 0.471 e. The van der Waals surface area contributed by atoms with Crippen LogP contribution >= 0.6 is 27.0 Å². The van der Waals surface area contributed by atoms with Crippen LogP contribution in [-0.2, 0) is 29.1 Å². The standard InChI is InChI=1S/C8H12F3INO3PS2/c9-8(10,11)7(15)13-5-1-4(3-14)6(2-5)16-19(18)17-12/h4-6,14,19H,1-3H2,(H,13,15)/t4-,5-,6+/m1/s1. The summed E-state index contributed by atoms with van der Waals surface area (Å²) < 4.78 is 41.9. The predicted octanol–water partition coefficient (Wildman–Crippen LogP) is 1.76. The zero-order chi connectivity index (χ0) is 14.6. The van der Waals surface area contributed by atoms with Gasteiger partial charge in [0.1, 0.15) is 0 Å². The van der Waals surface area contributed by atoms with Gasteiger partial charge in [-0.05, 0) is 55.0 Å². The molecule has 0 aromatic carbocycles. The van der Waals surface area contributed by atoms with Crippen LogP contribution in [0.1, 0.15) is 12.8 Å². The molecule has 1 saturated carbocycles. The van der Waals surface area contributed by atoms with Crippen molar-refractivity contribution in [2.45, 2.75) is 31.2 Å². The van der Waals surface area contributed by atoms with Gasteiger partial charge in [0.15, 0.2) is 0 Å². The molecule has 0 heterocycles. The number of hydrogen-bond acceptors (Lipinski definition) is 4. The molecular weight excluding hydrogens is 437 g/mol. The molecule has 1 amide bonds. The van der Waals surface area contributed by atoms with Crippen molar-refractivity contribution in [3.05, 3.63) is 0 Å². The maximum Gasteiger partial charge on any atom is 0.471 e. The normalized spacial score (nSPS) is 29.4. The SMILES string of the molecule is O=C(N[C@@H]1C[C@H](CO)[C@@H](O[SH](=S)=PI)C1)C(F)(F)F. The van der Waals surface area contributed by atoms with Crippen LogP contribution in [0.4, 0.5) is 13.2 Å². The smallest absolute Gasteiger partial charge is 0.396 e. The fourth-order valence-corrected chi connectivity index (χ4v) is 4.17. The highest BCUT2D eigenvalue weighted by molar-refractivity contribution is 14.2. The highest BCUT2D eigenvalue weighted by atomic mass is 127. The molecule has 2 N–H and O–H groups in total. The molecule has 19 heavy (non-hydrogen) atoms. The molecule has 0 aromatic rings. The molecule has 1 fully saturated rings. The Morgan fingerprint density at radius 3 is 2.68 bits per heavy atom. The zero-order valence-corrected chi connectivity index (χ0v) is 14.2. The number of aliphatic hydroxyl groups is 1. The van der Waals surface area contributed by atoms with Crippen molar-refractivity contribution < 1.29 is 27.3 Å². The van der Waals surface area contributed by atoms with Crippen LogP contribution in [0.15, 0.2) is 0 Å². The summed E-state index contributed by atoms with van der Waals surface area (Å²) in [4.78, 5) is 11.7. The van der Waals surface area contributed by atoms with Gasteiger partial charge in [-0.15, -0.1) is 0 Å². The summed E-state index contributed by atoms with van der Waals surface area (Å²) in [7, 11) is -1.09. The minimum atomic E-state index is -4.89. The van der Waals surface area contributed by atoms with Gasteiger partial charge in [0, 0.05) is 23.6 Å². The van der Waals surface area contributed by atoms with Crippen LogP contribution in [0.2, 0.25) is 0 Å². The molecule has 1 aliphatic rings. The molecule has 4 nitrogen and oxygen atoms in total. The number of rotatable bonds is 4. The molecule has 0 aliphatic heterocycles. The van der Waals surface area contributed by atoms with Gasteiger partial charge in [-0.3, -0.25) is 4.79 Å². The van der Waals surface area contributed by atoms with E-state index in [1.54, 1.807) is 0 Å². The number of amides is 1. The van der Waals surface area contributed by atoms with Crippen LogP contribution < -0.4 is 5.32 Å². The van der Waals surface area contributed by atoms with Crippen molar-refractivity contribution in [1.29, 1.82) is 0 Å². The van der Waals surface area contributed by atoms with E-state index >= 15 is 0 Å². The van der Waals surface area contributed by atoms with Gasteiger partial charge >= 0.3 is 12.1 Å². The van der Waals surface area contributed by atoms with E-state index in [1.807, 2.05) is 27.4 Å². The molecule has 1 aliphatic carbocycles. The summed E-state index contributed by atoms with van der Waals surface area (Å²) in [5.41, 5.74) is 0. The Hall–Kier alpha value is 0.780. The zero-order valence-electron chi connectivity index (χ0n) is 9.43. The molecule has 1 unspecified atom stereocenters. The number of thiol groups is 1. The Morgan fingerprint density at radius 1 is 1.58 bits per heavy atom. The molecule has 0 saturated heterocycles. The first-order valence-corrected chi connectivity index (χ1v) is 11.9. The summed E-state index contributed by atoms with van der Waals surface area (Å²) in [6.45, 7) is -0.195. The molecule has 0 aromatic heterocycles. The van der Waals surface area contributed by atoms with Crippen molar-refractivity contribution in [1.82, 2.24) is 5.32 Å². The van der Waals surface area contributed by atoms with Crippen LogP contribution in [0.3, 0.4) is 0 Å². The van der Waals surface area contributed by atoms with Gasteiger partial charge in [0.2, 0.25) is 0 Å². The van der Waals surface area contributed by atoms with Crippen molar-refractivity contribution in [2.24, 2.45) is 5.92 Å². The first-order valence-electron chi connectivity index (χ1n) is 5.22. The Balaban J connectivity index is 2.62. The quantitative estimate of drug-likeness (QED) is 0.348. The van der Waals surface area contributed by atoms with Gasteiger partial charge in [0.05, 0.1) is 6.10 Å². The van der Waals surface area contributed by atoms with E-state index in [0.717, 1.165) is 5.00 Å². The van der Waals surface area contributed by atoms with Crippen molar-refractivity contribution in [2.75, 3.05) is 6.61 Å². The number of carbonyl (C=O) groups excluding carboxylic acids is 1. The number of hydrogen-bond donors (Lipinski definition) is 3. The molecule has 0 bridgehead atoms. The fourth-order valence-electron chi connectivity index (χ4n) is 1.93. The van der Waals surface area contributed by atoms with Gasteiger partial charge < -0.3 is 14.6 Å². The summed E-state index contributed by atoms with van der Waals surface area (Å²) in [6, 6.07) is -0.638. The molecule has 0 radical (unpaired) electrons. The Labute approximate surface area is 129 Å². The summed E-state index contributed by atoms with van der Waals surface area (Å²) in [5.74, 6) is -2.24. The Kier molecular flexibility index (Phi) is 7.22. The lowest BCUT2D eigenvalue weighted by Crippen LogP contribution is -2.42. The third kappa shape index (κ3) is 5.58. The topological polar surface area (TPSA) is 58.6 Å². The van der Waals surface area contributed by atoms with E-state index < -0.39 is 33.1 Å². The van der Waals surface area contributed by atoms with E-state index in [0.29, 0.717) is 0 Å². The summed E-state index contributed by atoms with van der Waals surface area (Å²) in [6.07, 6.45) is -4.78. The van der Waals surface area contributed by atoms with Crippen LogP contribution in [0.5, 0.6) is 0 Å². The predicted molar refractivity (Wildman–Crippen MR) is 79.7 cm³/mol. The molecule has 11 heteroatoms. The Bertz CT molecular complexity index is 417. The minimum absolute atomic E-state index is 0.195. The van der Waals surface area contributed by atoms with Crippen LogP contribution in [-0.4, -0.2) is 35.9 Å². The van der Waals surface area contributed by atoms with E-state index in [2.05, 4.69) is 0 Å².